The Morgan fingerprint density at radius 2 is 2.18 bits per heavy atom. The lowest BCUT2D eigenvalue weighted by atomic mass is 9.91. The third-order valence-corrected chi connectivity index (χ3v) is 10.5. The van der Waals surface area contributed by atoms with E-state index in [0.717, 1.165) is 80.0 Å². The summed E-state index contributed by atoms with van der Waals surface area (Å²) in [5.74, 6) is 0.517. The number of allylic oxidation sites excluding steroid dienone is 2. The van der Waals surface area contributed by atoms with E-state index in [1.165, 1.54) is 17.7 Å². The standard InChI is InChI=1S/C35H42ClF2N5OS/c1-3-42(16-5-7-23-6-4-8-27(44)18-23)26-20-31-32(30-14-12-25(40-30)11-9-22(2)37)33(28-13-10-24(38)19-29(28)36)41-34(43(31)21-26)35-39-15-17-45-35/h3,6,10,12-15,17,19,22,25-27,33,35,39,44H,1,4-5,7-9,11,16,18,20-21H2,2H3/t22?,25?,26-,27-,33-,35?/m0/s1. The molecule has 1 fully saturated rings. The molecule has 0 aromatic heterocycles. The van der Waals surface area contributed by atoms with Gasteiger partial charge >= 0.3 is 0 Å². The number of nitrogens with one attached hydrogen (secondary N) is 1. The van der Waals surface area contributed by atoms with Crippen molar-refractivity contribution in [3.05, 3.63) is 94.1 Å². The minimum atomic E-state index is -0.882. The molecule has 4 aliphatic heterocycles. The summed E-state index contributed by atoms with van der Waals surface area (Å²) >= 11 is 8.38. The highest BCUT2D eigenvalue weighted by molar-refractivity contribution is 8.03. The Labute approximate surface area is 274 Å². The van der Waals surface area contributed by atoms with Crippen LogP contribution >= 0.6 is 23.4 Å². The van der Waals surface area contributed by atoms with Gasteiger partial charge in [0.25, 0.3) is 0 Å². The second kappa shape index (κ2) is 14.3. The van der Waals surface area contributed by atoms with Crippen molar-refractivity contribution in [2.24, 2.45) is 9.98 Å². The first-order valence-electron chi connectivity index (χ1n) is 16.0. The molecule has 1 saturated heterocycles. The van der Waals surface area contributed by atoms with E-state index in [0.29, 0.717) is 17.9 Å². The van der Waals surface area contributed by atoms with Gasteiger partial charge in [-0.15, -0.1) is 0 Å². The lowest BCUT2D eigenvalue weighted by Crippen LogP contribution is -2.44. The molecule has 0 amide bonds. The van der Waals surface area contributed by atoms with E-state index in [1.54, 1.807) is 24.8 Å². The summed E-state index contributed by atoms with van der Waals surface area (Å²) in [6.45, 7) is 7.37. The predicted molar refractivity (Wildman–Crippen MR) is 182 cm³/mol. The van der Waals surface area contributed by atoms with Crippen molar-refractivity contribution in [1.82, 2.24) is 15.1 Å². The zero-order valence-electron chi connectivity index (χ0n) is 25.7. The van der Waals surface area contributed by atoms with Crippen molar-refractivity contribution < 1.29 is 13.9 Å². The molecule has 6 nitrogen and oxygen atoms in total. The number of halogens is 3. The predicted octanol–water partition coefficient (Wildman–Crippen LogP) is 7.61. The van der Waals surface area contributed by atoms with Crippen LogP contribution in [-0.4, -0.2) is 69.3 Å². The molecule has 1 aliphatic carbocycles. The van der Waals surface area contributed by atoms with Gasteiger partial charge in [-0.1, -0.05) is 53.7 Å². The number of nitrogens with zero attached hydrogens (tertiary/aromatic N) is 4. The Balaban J connectivity index is 1.34. The summed E-state index contributed by atoms with van der Waals surface area (Å²) in [4.78, 5) is 15.1. The summed E-state index contributed by atoms with van der Waals surface area (Å²) in [6.07, 6.45) is 15.5. The monoisotopic (exact) mass is 653 g/mol. The molecular formula is C35H42ClF2N5OS. The number of hydrogen-bond acceptors (Lipinski definition) is 7. The first-order chi connectivity index (χ1) is 21.8. The molecule has 240 valence electrons. The second-order valence-electron chi connectivity index (χ2n) is 12.5. The second-order valence-corrected chi connectivity index (χ2v) is 13.9. The molecule has 3 unspecified atom stereocenters. The van der Waals surface area contributed by atoms with E-state index >= 15 is 0 Å². The van der Waals surface area contributed by atoms with Gasteiger partial charge < -0.3 is 20.2 Å². The number of aliphatic hydroxyl groups is 1. The normalized spacial score (nSPS) is 28.1. The van der Waals surface area contributed by atoms with Crippen molar-refractivity contribution in [3.8, 4) is 0 Å². The fourth-order valence-corrected chi connectivity index (χ4v) is 8.04. The average Bonchev–Trinajstić information content (AvgIpc) is 3.79. The van der Waals surface area contributed by atoms with E-state index in [4.69, 9.17) is 21.6 Å². The van der Waals surface area contributed by atoms with Gasteiger partial charge in [0, 0.05) is 47.6 Å². The number of aliphatic hydroxyl groups excluding tert-OH is 1. The molecule has 0 bridgehead atoms. The van der Waals surface area contributed by atoms with Crippen LogP contribution in [0.3, 0.4) is 0 Å². The smallest absolute Gasteiger partial charge is 0.138 e. The Kier molecular flexibility index (Phi) is 10.2. The Morgan fingerprint density at radius 3 is 2.91 bits per heavy atom. The summed E-state index contributed by atoms with van der Waals surface area (Å²) < 4.78 is 27.9. The van der Waals surface area contributed by atoms with Crippen LogP contribution < -0.4 is 5.32 Å². The van der Waals surface area contributed by atoms with Gasteiger partial charge in [0.15, 0.2) is 0 Å². The number of alkyl halides is 1. The van der Waals surface area contributed by atoms with Gasteiger partial charge in [0.2, 0.25) is 0 Å². The maximum absolute atomic E-state index is 14.2. The molecule has 10 heteroatoms. The zero-order chi connectivity index (χ0) is 31.5. The molecule has 1 aromatic carbocycles. The lowest BCUT2D eigenvalue weighted by Gasteiger charge is -2.35. The van der Waals surface area contributed by atoms with Crippen LogP contribution in [0.15, 0.2) is 87.6 Å². The molecule has 6 atom stereocenters. The summed E-state index contributed by atoms with van der Waals surface area (Å²) in [5.41, 5.74) is 5.02. The van der Waals surface area contributed by atoms with Crippen LogP contribution in [0.5, 0.6) is 0 Å². The Hall–Kier alpha value is -2.88. The number of rotatable bonds is 12. The van der Waals surface area contributed by atoms with E-state index in [-0.39, 0.29) is 23.6 Å². The molecule has 5 aliphatic rings. The zero-order valence-corrected chi connectivity index (χ0v) is 27.3. The van der Waals surface area contributed by atoms with Gasteiger partial charge in [-0.3, -0.25) is 9.98 Å². The van der Waals surface area contributed by atoms with Crippen LogP contribution in [0.1, 0.15) is 69.9 Å². The van der Waals surface area contributed by atoms with E-state index < -0.39 is 18.0 Å². The molecule has 0 saturated carbocycles. The molecule has 4 heterocycles. The lowest BCUT2D eigenvalue weighted by molar-refractivity contribution is 0.159. The van der Waals surface area contributed by atoms with Crippen LogP contribution in [0.2, 0.25) is 5.02 Å². The van der Waals surface area contributed by atoms with Crippen molar-refractivity contribution in [2.45, 2.75) is 94.1 Å². The minimum absolute atomic E-state index is 0.0660. The fraction of sp³-hybridized carbons (Fsp3) is 0.486. The van der Waals surface area contributed by atoms with Gasteiger partial charge in [-0.05, 0) is 81.7 Å². The van der Waals surface area contributed by atoms with Crippen LogP contribution in [0, 0.1) is 5.82 Å². The highest BCUT2D eigenvalue weighted by atomic mass is 35.5. The highest BCUT2D eigenvalue weighted by Crippen LogP contribution is 2.45. The molecule has 45 heavy (non-hydrogen) atoms. The van der Waals surface area contributed by atoms with E-state index in [9.17, 15) is 13.9 Å². The highest BCUT2D eigenvalue weighted by Gasteiger charge is 2.43. The van der Waals surface area contributed by atoms with Crippen molar-refractivity contribution in [1.29, 1.82) is 0 Å². The molecule has 6 rings (SSSR count). The van der Waals surface area contributed by atoms with Gasteiger partial charge in [0.05, 0.1) is 30.1 Å². The third-order valence-electron chi connectivity index (χ3n) is 9.26. The Bertz CT molecular complexity index is 1460. The van der Waals surface area contributed by atoms with Gasteiger partial charge in [-0.2, -0.15) is 0 Å². The maximum atomic E-state index is 14.2. The third kappa shape index (κ3) is 7.26. The maximum Gasteiger partial charge on any atom is 0.138 e. The minimum Gasteiger partial charge on any atom is -0.393 e. The van der Waals surface area contributed by atoms with Crippen molar-refractivity contribution in [3.63, 3.8) is 0 Å². The number of benzene rings is 1. The van der Waals surface area contributed by atoms with Crippen molar-refractivity contribution in [2.75, 3.05) is 13.1 Å². The van der Waals surface area contributed by atoms with Crippen LogP contribution in [-0.2, 0) is 0 Å². The summed E-state index contributed by atoms with van der Waals surface area (Å²) in [6, 6.07) is 4.11. The Morgan fingerprint density at radius 1 is 1.31 bits per heavy atom. The summed E-state index contributed by atoms with van der Waals surface area (Å²) in [5, 5.41) is 15.8. The SMILES string of the molecule is C=CN(CCCC1=CCC[C@H](O)C1)[C@H]1CC2=C(C3=NC(CCC(C)F)C=C3)[C@H](c3ccc(F)cc3Cl)N=C(C3NC=CS3)N2C1. The largest absolute Gasteiger partial charge is 0.393 e. The topological polar surface area (TPSA) is 63.5 Å². The first-order valence-corrected chi connectivity index (χ1v) is 17.4. The van der Waals surface area contributed by atoms with Crippen LogP contribution in [0.4, 0.5) is 8.78 Å². The fourth-order valence-electron chi connectivity index (χ4n) is 6.99. The van der Waals surface area contributed by atoms with E-state index in [2.05, 4.69) is 33.8 Å². The average molecular weight is 654 g/mol. The number of amidine groups is 1. The van der Waals surface area contributed by atoms with E-state index in [1.807, 2.05) is 23.9 Å². The first kappa shape index (κ1) is 32.1. The van der Waals surface area contributed by atoms with Gasteiger partial charge in [0.1, 0.15) is 23.1 Å². The number of fused-ring (bicyclic) bond motifs is 1. The number of hydrogen-bond donors (Lipinski definition) is 2. The molecule has 1 aromatic rings. The van der Waals surface area contributed by atoms with Crippen molar-refractivity contribution >= 4 is 34.9 Å². The molecule has 2 N–H and O–H groups in total. The number of thioether (sulfide) groups is 1. The molecule has 0 radical (unpaired) electrons. The number of aliphatic imine (C=N–C) groups is 2. The van der Waals surface area contributed by atoms with Gasteiger partial charge in [-0.25, -0.2) is 8.78 Å². The molecular weight excluding hydrogens is 612 g/mol. The van der Waals surface area contributed by atoms with Crippen LogP contribution in [0.25, 0.3) is 0 Å². The quantitative estimate of drug-likeness (QED) is 0.228. The summed E-state index contributed by atoms with van der Waals surface area (Å²) in [7, 11) is 0. The molecule has 0 spiro atoms.